The zero-order valence-corrected chi connectivity index (χ0v) is 21.6. The standard InChI is InChI=1S/C19H17N7O5S2.Na/c1-31-25-12(11-8-33-19(20)23-11)15(27)24-13-16(28)26-14(18(29)30)9(7-32-17(13)26)2-3-10-6-21-4-5-22-10;/h2-6,8,13,17H,7H2,1H3,(H2,20,23)(H,24,27)(H,29,30);/q;+1/p-1/b3-2+,25-12-;/t13-,17-;/m1./s1. The summed E-state index contributed by atoms with van der Waals surface area (Å²) < 4.78 is 0. The molecule has 2 aliphatic heterocycles. The van der Waals surface area contributed by atoms with Crippen molar-refractivity contribution in [2.45, 2.75) is 11.4 Å². The molecule has 0 bridgehead atoms. The third-order valence-corrected chi connectivity index (χ3v) is 6.65. The normalized spacial score (nSPS) is 19.9. The summed E-state index contributed by atoms with van der Waals surface area (Å²) in [6.45, 7) is 0. The predicted molar refractivity (Wildman–Crippen MR) is 118 cm³/mol. The van der Waals surface area contributed by atoms with Crippen molar-refractivity contribution in [3.05, 3.63) is 52.7 Å². The molecule has 2 aromatic heterocycles. The fourth-order valence-corrected chi connectivity index (χ4v) is 5.11. The topological polar surface area (TPSA) is 176 Å². The molecule has 0 aromatic carbocycles. The van der Waals surface area contributed by atoms with Crippen molar-refractivity contribution in [3.63, 3.8) is 0 Å². The summed E-state index contributed by atoms with van der Waals surface area (Å²) in [5, 5.41) is 19.3. The van der Waals surface area contributed by atoms with Crippen LogP contribution < -0.4 is 45.7 Å². The number of allylic oxidation sites excluding steroid dienone is 1. The molecule has 12 nitrogen and oxygen atoms in total. The van der Waals surface area contributed by atoms with Crippen molar-refractivity contribution in [1.29, 1.82) is 0 Å². The van der Waals surface area contributed by atoms with Gasteiger partial charge in [-0.15, -0.1) is 23.1 Å². The Morgan fingerprint density at radius 1 is 1.38 bits per heavy atom. The number of aromatic nitrogens is 3. The van der Waals surface area contributed by atoms with E-state index in [1.165, 1.54) is 42.8 Å². The van der Waals surface area contributed by atoms with E-state index in [2.05, 4.69) is 25.4 Å². The number of carboxylic acid groups (broad SMARTS) is 1. The predicted octanol–water partition coefficient (Wildman–Crippen LogP) is -4.01. The van der Waals surface area contributed by atoms with Crippen LogP contribution in [0.4, 0.5) is 5.13 Å². The number of thioether (sulfide) groups is 1. The van der Waals surface area contributed by atoms with Gasteiger partial charge in [0.05, 0.1) is 23.6 Å². The molecule has 0 spiro atoms. The number of rotatable bonds is 7. The first-order chi connectivity index (χ1) is 15.9. The SMILES string of the molecule is CO/N=C(\C(=O)N[C@@H]1C(=O)N2C(C(=O)[O-])=C(/C=C/c3cnccn3)CS[C@H]12)c1csc(N)n1.[Na+]. The number of nitrogens with one attached hydrogen (secondary N) is 1. The van der Waals surface area contributed by atoms with Gasteiger partial charge in [0.2, 0.25) is 0 Å². The van der Waals surface area contributed by atoms with Gasteiger partial charge in [0.15, 0.2) is 10.8 Å². The number of anilines is 1. The average Bonchev–Trinajstić information content (AvgIpc) is 3.25. The van der Waals surface area contributed by atoms with Gasteiger partial charge >= 0.3 is 29.6 Å². The average molecular weight is 510 g/mol. The van der Waals surface area contributed by atoms with Gasteiger partial charge in [0.25, 0.3) is 11.8 Å². The molecule has 0 saturated carbocycles. The molecule has 1 fully saturated rings. The van der Waals surface area contributed by atoms with Crippen LogP contribution in [0, 0.1) is 0 Å². The van der Waals surface area contributed by atoms with Gasteiger partial charge in [0, 0.05) is 23.5 Å². The number of oxime groups is 1. The quantitative estimate of drug-likeness (QED) is 0.162. The zero-order valence-electron chi connectivity index (χ0n) is 18.0. The molecular weight excluding hydrogens is 493 g/mol. The van der Waals surface area contributed by atoms with E-state index in [-0.39, 0.29) is 57.5 Å². The molecule has 34 heavy (non-hydrogen) atoms. The van der Waals surface area contributed by atoms with Crippen LogP contribution in [0.2, 0.25) is 0 Å². The number of amides is 2. The van der Waals surface area contributed by atoms with Gasteiger partial charge < -0.3 is 25.8 Å². The zero-order chi connectivity index (χ0) is 23.5. The molecular formula is C19H16N7NaO5S2. The number of aliphatic carboxylic acids is 1. The number of hydrogen-bond donors (Lipinski definition) is 2. The number of thiazole rings is 1. The first kappa shape index (κ1) is 25.8. The van der Waals surface area contributed by atoms with Crippen molar-refractivity contribution in [3.8, 4) is 0 Å². The Hall–Kier alpha value is -2.78. The first-order valence-electron chi connectivity index (χ1n) is 9.37. The Kier molecular flexibility index (Phi) is 8.43. The molecule has 2 aliphatic rings. The number of carboxylic acids is 1. The minimum absolute atomic E-state index is 0. The number of β-lactam (4-membered cyclic amide) rings is 1. The Balaban J connectivity index is 0.00000324. The van der Waals surface area contributed by atoms with Crippen molar-refractivity contribution in [2.75, 3.05) is 18.6 Å². The van der Waals surface area contributed by atoms with E-state index in [1.807, 2.05) is 0 Å². The molecule has 170 valence electrons. The third-order valence-electron chi connectivity index (χ3n) is 4.68. The fraction of sp³-hybridized carbons (Fsp3) is 0.211. The Morgan fingerprint density at radius 2 is 2.18 bits per heavy atom. The van der Waals surface area contributed by atoms with E-state index < -0.39 is 29.2 Å². The van der Waals surface area contributed by atoms with E-state index >= 15 is 0 Å². The number of hydrogen-bond acceptors (Lipinski definition) is 12. The molecule has 1 saturated heterocycles. The summed E-state index contributed by atoms with van der Waals surface area (Å²) >= 11 is 2.42. The van der Waals surface area contributed by atoms with E-state index in [4.69, 9.17) is 10.6 Å². The largest absolute Gasteiger partial charge is 1.00 e. The van der Waals surface area contributed by atoms with Crippen LogP contribution in [0.1, 0.15) is 11.4 Å². The van der Waals surface area contributed by atoms with E-state index in [0.29, 0.717) is 11.3 Å². The molecule has 3 N–H and O–H groups in total. The van der Waals surface area contributed by atoms with Crippen LogP contribution in [0.3, 0.4) is 0 Å². The Bertz CT molecular complexity index is 1200. The second kappa shape index (κ2) is 11.1. The van der Waals surface area contributed by atoms with Crippen LogP contribution in [0.25, 0.3) is 6.08 Å². The maximum absolute atomic E-state index is 12.8. The van der Waals surface area contributed by atoms with Crippen LogP contribution in [-0.4, -0.2) is 67.6 Å². The number of nitrogen functional groups attached to an aromatic ring is 1. The van der Waals surface area contributed by atoms with Gasteiger partial charge in [-0.3, -0.25) is 24.5 Å². The summed E-state index contributed by atoms with van der Waals surface area (Å²) in [5.41, 5.74) is 6.34. The van der Waals surface area contributed by atoms with Crippen LogP contribution in [0.15, 0.2) is 46.5 Å². The van der Waals surface area contributed by atoms with Gasteiger partial charge in [0.1, 0.15) is 24.2 Å². The third kappa shape index (κ3) is 5.15. The first-order valence-corrected chi connectivity index (χ1v) is 11.3. The molecule has 0 aliphatic carbocycles. The minimum atomic E-state index is -1.49. The maximum atomic E-state index is 12.8. The van der Waals surface area contributed by atoms with Crippen molar-refractivity contribution >= 4 is 57.8 Å². The summed E-state index contributed by atoms with van der Waals surface area (Å²) in [4.78, 5) is 55.3. The Labute approximate surface area is 223 Å². The summed E-state index contributed by atoms with van der Waals surface area (Å²) in [6.07, 6.45) is 7.70. The second-order valence-electron chi connectivity index (χ2n) is 6.68. The second-order valence-corrected chi connectivity index (χ2v) is 8.67. The van der Waals surface area contributed by atoms with Crippen molar-refractivity contribution < 1.29 is 53.9 Å². The van der Waals surface area contributed by atoms with E-state index in [9.17, 15) is 19.5 Å². The Morgan fingerprint density at radius 3 is 2.79 bits per heavy atom. The molecule has 4 heterocycles. The van der Waals surface area contributed by atoms with Gasteiger partial charge in [-0.2, -0.15) is 0 Å². The number of nitrogens with zero attached hydrogens (tertiary/aromatic N) is 5. The molecule has 0 unspecified atom stereocenters. The molecule has 2 aromatic rings. The molecule has 2 atom stereocenters. The summed E-state index contributed by atoms with van der Waals surface area (Å²) in [7, 11) is 1.27. The number of nitrogens with two attached hydrogens (primary N) is 1. The number of carbonyl (C=O) groups excluding carboxylic acids is 3. The molecule has 15 heteroatoms. The smallest absolute Gasteiger partial charge is 0.543 e. The summed E-state index contributed by atoms with van der Waals surface area (Å²) in [5.74, 6) is -2.49. The minimum Gasteiger partial charge on any atom is -0.543 e. The van der Waals surface area contributed by atoms with Gasteiger partial charge in [-0.1, -0.05) is 11.2 Å². The van der Waals surface area contributed by atoms with Crippen LogP contribution >= 0.6 is 23.1 Å². The fourth-order valence-electron chi connectivity index (χ4n) is 3.24. The van der Waals surface area contributed by atoms with E-state index in [0.717, 1.165) is 16.2 Å². The number of fused-ring (bicyclic) bond motifs is 1. The van der Waals surface area contributed by atoms with Gasteiger partial charge in [-0.25, -0.2) is 4.98 Å². The monoisotopic (exact) mass is 509 g/mol. The van der Waals surface area contributed by atoms with E-state index in [1.54, 1.807) is 12.2 Å². The number of carbonyl (C=O) groups is 3. The summed E-state index contributed by atoms with van der Waals surface area (Å²) in [6, 6.07) is -0.958. The molecule has 4 rings (SSSR count). The van der Waals surface area contributed by atoms with Crippen LogP contribution in [-0.2, 0) is 19.2 Å². The molecule has 0 radical (unpaired) electrons. The van der Waals surface area contributed by atoms with Crippen LogP contribution in [0.5, 0.6) is 0 Å². The van der Waals surface area contributed by atoms with Crippen molar-refractivity contribution in [1.82, 2.24) is 25.2 Å². The van der Waals surface area contributed by atoms with Gasteiger partial charge in [-0.05, 0) is 11.6 Å². The maximum Gasteiger partial charge on any atom is 1.00 e. The van der Waals surface area contributed by atoms with Crippen molar-refractivity contribution in [2.24, 2.45) is 5.16 Å². The molecule has 2 amide bonds.